The number of allylic oxidation sites excluding steroid dienone is 9. The molecule has 0 bridgehead atoms. The molecule has 39 heavy (non-hydrogen) atoms. The molecular weight excluding hydrogens is 482 g/mol. The molecule has 0 saturated heterocycles. The van der Waals surface area contributed by atoms with E-state index >= 15 is 0 Å². The highest BCUT2D eigenvalue weighted by molar-refractivity contribution is 5.76. The quantitative estimate of drug-likeness (QED) is 0.0715. The largest absolute Gasteiger partial charge is 0.394 e. The Hall–Kier alpha value is -1.91. The molecule has 2 unspecified atom stereocenters. The Morgan fingerprint density at radius 2 is 1.13 bits per heavy atom. The van der Waals surface area contributed by atoms with Crippen LogP contribution in [0.15, 0.2) is 60.8 Å². The topological polar surface area (TPSA) is 69.6 Å². The Kier molecular flexibility index (Phi) is 29.1. The van der Waals surface area contributed by atoms with E-state index in [4.69, 9.17) is 0 Å². The summed E-state index contributed by atoms with van der Waals surface area (Å²) < 4.78 is 0. The van der Waals surface area contributed by atoms with Crippen LogP contribution in [0.4, 0.5) is 0 Å². The van der Waals surface area contributed by atoms with Gasteiger partial charge in [-0.2, -0.15) is 0 Å². The highest BCUT2D eigenvalue weighted by atomic mass is 16.3. The molecule has 2 atom stereocenters. The monoisotopic (exact) mass is 543 g/mol. The van der Waals surface area contributed by atoms with Crippen LogP contribution in [0.25, 0.3) is 0 Å². The molecule has 0 aromatic heterocycles. The summed E-state index contributed by atoms with van der Waals surface area (Å²) in [5.74, 6) is -0.148. The maximum absolute atomic E-state index is 12.2. The maximum Gasteiger partial charge on any atom is 0.220 e. The third kappa shape index (κ3) is 27.4. The zero-order valence-corrected chi connectivity index (χ0v) is 25.4. The molecule has 0 saturated carbocycles. The van der Waals surface area contributed by atoms with Crippen molar-refractivity contribution in [2.45, 2.75) is 148 Å². The summed E-state index contributed by atoms with van der Waals surface area (Å²) in [7, 11) is 0. The summed E-state index contributed by atoms with van der Waals surface area (Å²) in [5.41, 5.74) is 0. The van der Waals surface area contributed by atoms with Crippen molar-refractivity contribution in [3.8, 4) is 0 Å². The number of carbonyl (C=O) groups excluding carboxylic acids is 1. The molecule has 0 spiro atoms. The molecular formula is C35H61NO3. The number of rotatable bonds is 27. The number of amides is 1. The fourth-order valence-electron chi connectivity index (χ4n) is 4.30. The number of aliphatic hydroxyl groups is 2. The van der Waals surface area contributed by atoms with Crippen LogP contribution in [-0.2, 0) is 4.79 Å². The Bertz CT molecular complexity index is 677. The molecule has 0 fully saturated rings. The van der Waals surface area contributed by atoms with Gasteiger partial charge in [-0.15, -0.1) is 0 Å². The van der Waals surface area contributed by atoms with Crippen LogP contribution in [0, 0.1) is 0 Å². The highest BCUT2D eigenvalue weighted by Crippen LogP contribution is 2.12. The van der Waals surface area contributed by atoms with Gasteiger partial charge in [0.05, 0.1) is 18.8 Å². The minimum atomic E-state index is -0.867. The van der Waals surface area contributed by atoms with Crippen molar-refractivity contribution in [2.75, 3.05) is 6.61 Å². The van der Waals surface area contributed by atoms with E-state index in [0.29, 0.717) is 12.8 Å². The van der Waals surface area contributed by atoms with Crippen LogP contribution in [0.5, 0.6) is 0 Å². The SMILES string of the molecule is CC/C=C\C/C=C\C/C=C\C/C=C\CCC(=O)NC(CO)C(O)/C=C/CCCCCCCCCCCCCC. The Morgan fingerprint density at radius 3 is 1.64 bits per heavy atom. The van der Waals surface area contributed by atoms with Crippen molar-refractivity contribution in [1.82, 2.24) is 5.32 Å². The lowest BCUT2D eigenvalue weighted by Crippen LogP contribution is -2.45. The van der Waals surface area contributed by atoms with Gasteiger partial charge in [-0.05, 0) is 44.9 Å². The van der Waals surface area contributed by atoms with Gasteiger partial charge in [0.1, 0.15) is 0 Å². The lowest BCUT2D eigenvalue weighted by atomic mass is 10.0. The first-order chi connectivity index (χ1) is 19.2. The van der Waals surface area contributed by atoms with Crippen LogP contribution in [0.2, 0.25) is 0 Å². The van der Waals surface area contributed by atoms with E-state index in [1.54, 1.807) is 6.08 Å². The van der Waals surface area contributed by atoms with E-state index in [1.807, 2.05) is 12.2 Å². The number of hydrogen-bond donors (Lipinski definition) is 3. The molecule has 0 aromatic rings. The normalized spacial score (nSPS) is 14.1. The van der Waals surface area contributed by atoms with E-state index in [9.17, 15) is 15.0 Å². The molecule has 0 rings (SSSR count). The first-order valence-electron chi connectivity index (χ1n) is 16.0. The summed E-state index contributed by atoms with van der Waals surface area (Å²) in [6, 6.07) is -0.659. The molecule has 4 nitrogen and oxygen atoms in total. The lowest BCUT2D eigenvalue weighted by molar-refractivity contribution is -0.122. The van der Waals surface area contributed by atoms with Crippen LogP contribution in [0.3, 0.4) is 0 Å². The summed E-state index contributed by atoms with van der Waals surface area (Å²) in [6.45, 7) is 4.12. The van der Waals surface area contributed by atoms with Crippen molar-refractivity contribution in [1.29, 1.82) is 0 Å². The fraction of sp³-hybridized carbons (Fsp3) is 0.686. The molecule has 1 amide bonds. The summed E-state index contributed by atoms with van der Waals surface area (Å²) in [4.78, 5) is 12.2. The third-order valence-electron chi connectivity index (χ3n) is 6.77. The molecule has 224 valence electrons. The zero-order chi connectivity index (χ0) is 28.7. The van der Waals surface area contributed by atoms with E-state index in [1.165, 1.54) is 70.6 Å². The summed E-state index contributed by atoms with van der Waals surface area (Å²) >= 11 is 0. The average Bonchev–Trinajstić information content (AvgIpc) is 2.94. The van der Waals surface area contributed by atoms with Crippen LogP contribution < -0.4 is 5.32 Å². The molecule has 0 aromatic carbocycles. The molecule has 0 aliphatic heterocycles. The van der Waals surface area contributed by atoms with Gasteiger partial charge in [-0.3, -0.25) is 4.79 Å². The van der Waals surface area contributed by atoms with Gasteiger partial charge < -0.3 is 15.5 Å². The summed E-state index contributed by atoms with van der Waals surface area (Å²) in [6.07, 6.45) is 41.6. The molecule has 0 radical (unpaired) electrons. The van der Waals surface area contributed by atoms with Gasteiger partial charge in [0.15, 0.2) is 0 Å². The molecule has 4 heteroatoms. The van der Waals surface area contributed by atoms with Crippen LogP contribution in [-0.4, -0.2) is 34.9 Å². The number of carbonyl (C=O) groups is 1. The first-order valence-corrected chi connectivity index (χ1v) is 16.0. The van der Waals surface area contributed by atoms with Gasteiger partial charge >= 0.3 is 0 Å². The Labute approximate surface area is 241 Å². The standard InChI is InChI=1S/C35H61NO3/c1-3-5-7-9-11-13-15-17-19-20-22-24-26-28-30-34(38)33(32-37)36-35(39)31-29-27-25-23-21-18-16-14-12-10-8-6-4-2/h6,8,12,14,18,21,25,27-28,30,33-34,37-38H,3-5,7,9-11,13,15-17,19-20,22-24,26,29,31-32H2,1-2H3,(H,36,39)/b8-6-,14-12-,21-18-,27-25-,30-28+. The van der Waals surface area contributed by atoms with Crippen molar-refractivity contribution in [3.63, 3.8) is 0 Å². The smallest absolute Gasteiger partial charge is 0.220 e. The maximum atomic E-state index is 12.2. The first kappa shape index (κ1) is 37.1. The number of unbranched alkanes of at least 4 members (excludes halogenated alkanes) is 12. The van der Waals surface area contributed by atoms with E-state index < -0.39 is 12.1 Å². The molecule has 0 aliphatic rings. The number of nitrogens with one attached hydrogen (secondary N) is 1. The minimum absolute atomic E-state index is 0.148. The Balaban J connectivity index is 3.82. The predicted octanol–water partition coefficient (Wildman–Crippen LogP) is 9.06. The zero-order valence-electron chi connectivity index (χ0n) is 25.4. The van der Waals surface area contributed by atoms with Crippen molar-refractivity contribution in [2.24, 2.45) is 0 Å². The van der Waals surface area contributed by atoms with Crippen molar-refractivity contribution < 1.29 is 15.0 Å². The second-order valence-corrected chi connectivity index (χ2v) is 10.5. The van der Waals surface area contributed by atoms with Gasteiger partial charge in [0, 0.05) is 6.42 Å². The second-order valence-electron chi connectivity index (χ2n) is 10.5. The van der Waals surface area contributed by atoms with E-state index in [-0.39, 0.29) is 12.5 Å². The highest BCUT2D eigenvalue weighted by Gasteiger charge is 2.17. The van der Waals surface area contributed by atoms with Gasteiger partial charge in [-0.1, -0.05) is 145 Å². The summed E-state index contributed by atoms with van der Waals surface area (Å²) in [5, 5.41) is 22.7. The second kappa shape index (κ2) is 30.6. The predicted molar refractivity (Wildman–Crippen MR) is 170 cm³/mol. The minimum Gasteiger partial charge on any atom is -0.394 e. The van der Waals surface area contributed by atoms with Crippen molar-refractivity contribution >= 4 is 5.91 Å². The van der Waals surface area contributed by atoms with Crippen LogP contribution in [0.1, 0.15) is 136 Å². The van der Waals surface area contributed by atoms with Crippen molar-refractivity contribution in [3.05, 3.63) is 60.8 Å². The molecule has 3 N–H and O–H groups in total. The van der Waals surface area contributed by atoms with Gasteiger partial charge in [0.25, 0.3) is 0 Å². The number of hydrogen-bond acceptors (Lipinski definition) is 3. The van der Waals surface area contributed by atoms with E-state index in [0.717, 1.165) is 38.5 Å². The average molecular weight is 544 g/mol. The van der Waals surface area contributed by atoms with Gasteiger partial charge in [-0.25, -0.2) is 0 Å². The fourth-order valence-corrected chi connectivity index (χ4v) is 4.30. The van der Waals surface area contributed by atoms with E-state index in [2.05, 4.69) is 61.7 Å². The lowest BCUT2D eigenvalue weighted by Gasteiger charge is -2.19. The molecule has 0 aliphatic carbocycles. The third-order valence-corrected chi connectivity index (χ3v) is 6.77. The van der Waals surface area contributed by atoms with Crippen LogP contribution >= 0.6 is 0 Å². The molecule has 0 heterocycles. The Morgan fingerprint density at radius 1 is 0.641 bits per heavy atom. The number of aliphatic hydroxyl groups excluding tert-OH is 2. The van der Waals surface area contributed by atoms with Gasteiger partial charge in [0.2, 0.25) is 5.91 Å².